The fraction of sp³-hybridized carbons (Fsp3) is 0.182. The van der Waals surface area contributed by atoms with Crippen molar-refractivity contribution in [3.63, 3.8) is 0 Å². The molecule has 0 saturated heterocycles. The van der Waals surface area contributed by atoms with Gasteiger partial charge in [0.2, 0.25) is 0 Å². The van der Waals surface area contributed by atoms with Crippen molar-refractivity contribution in [1.82, 2.24) is 10.3 Å². The predicted molar refractivity (Wildman–Crippen MR) is 180 cm³/mol. The average molecular weight is 616 g/mol. The van der Waals surface area contributed by atoms with Gasteiger partial charge in [0, 0.05) is 65.4 Å². The van der Waals surface area contributed by atoms with Crippen LogP contribution in [0.15, 0.2) is 84.9 Å². The molecule has 0 fully saturated rings. The predicted octanol–water partition coefficient (Wildman–Crippen LogP) is 7.73. The van der Waals surface area contributed by atoms with E-state index in [9.17, 15) is 9.59 Å². The molecule has 220 valence electrons. The van der Waals surface area contributed by atoms with Gasteiger partial charge in [0.25, 0.3) is 5.91 Å². The van der Waals surface area contributed by atoms with Gasteiger partial charge in [0.15, 0.2) is 0 Å². The van der Waals surface area contributed by atoms with Crippen LogP contribution in [0.5, 0.6) is 0 Å². The number of anilines is 5. The summed E-state index contributed by atoms with van der Waals surface area (Å²) in [5.74, 6) is 0.790. The number of pyridine rings is 1. The highest BCUT2D eigenvalue weighted by Gasteiger charge is 2.16. The number of aromatic nitrogens is 1. The number of carbonyl (C=O) groups is 2. The van der Waals surface area contributed by atoms with Crippen molar-refractivity contribution in [2.75, 3.05) is 52.7 Å². The van der Waals surface area contributed by atoms with Gasteiger partial charge in [-0.15, -0.1) is 23.2 Å². The fourth-order valence-electron chi connectivity index (χ4n) is 4.96. The second-order valence-electron chi connectivity index (χ2n) is 9.93. The molecule has 5 rings (SSSR count). The molecule has 3 amide bonds. The van der Waals surface area contributed by atoms with Gasteiger partial charge in [-0.2, -0.15) is 0 Å². The molecule has 0 saturated carbocycles. The number of urea groups is 1. The van der Waals surface area contributed by atoms with E-state index in [1.807, 2.05) is 85.8 Å². The number of hydrogen-bond acceptors (Lipinski definition) is 5. The molecule has 0 aliphatic rings. The molecule has 1 aromatic heterocycles. The van der Waals surface area contributed by atoms with E-state index in [0.717, 1.165) is 38.9 Å². The molecule has 0 radical (unpaired) electrons. The molecule has 8 nitrogen and oxygen atoms in total. The zero-order chi connectivity index (χ0) is 30.3. The third-order valence-corrected chi connectivity index (χ3v) is 7.48. The topological polar surface area (TPSA) is 98.4 Å². The molecule has 0 bridgehead atoms. The lowest BCUT2D eigenvalue weighted by molar-refractivity contribution is 0.0964. The van der Waals surface area contributed by atoms with Crippen LogP contribution in [0, 0.1) is 6.92 Å². The van der Waals surface area contributed by atoms with Gasteiger partial charge in [0.1, 0.15) is 0 Å². The Morgan fingerprint density at radius 1 is 0.814 bits per heavy atom. The molecule has 43 heavy (non-hydrogen) atoms. The first-order valence-corrected chi connectivity index (χ1v) is 14.9. The van der Waals surface area contributed by atoms with E-state index in [1.54, 1.807) is 13.1 Å². The summed E-state index contributed by atoms with van der Waals surface area (Å²) in [7, 11) is 1.60. The number of carbonyl (C=O) groups excluding carboxylic acids is 2. The summed E-state index contributed by atoms with van der Waals surface area (Å²) in [6, 6.07) is 26.3. The first-order valence-electron chi connectivity index (χ1n) is 13.9. The number of amides is 3. The molecule has 1 heterocycles. The molecular weight excluding hydrogens is 583 g/mol. The highest BCUT2D eigenvalue weighted by Crippen LogP contribution is 2.35. The van der Waals surface area contributed by atoms with E-state index >= 15 is 0 Å². The van der Waals surface area contributed by atoms with Crippen molar-refractivity contribution < 1.29 is 9.59 Å². The normalized spacial score (nSPS) is 10.9. The van der Waals surface area contributed by atoms with E-state index in [2.05, 4.69) is 26.2 Å². The van der Waals surface area contributed by atoms with Crippen molar-refractivity contribution in [2.24, 2.45) is 0 Å². The Hall–Kier alpha value is -4.53. The van der Waals surface area contributed by atoms with Gasteiger partial charge in [-0.25, -0.2) is 9.78 Å². The number of nitrogens with zero attached hydrogens (tertiary/aromatic N) is 2. The number of para-hydroxylation sites is 2. The minimum atomic E-state index is -0.360. The SMILES string of the molecule is CNC(=O)c1cccc2c(Nc3ccc(C)c(NC(=O)Nc4ccc(N(CCCl)CCCl)cc4)c3)c3ccccc3nc12. The number of nitrogens with one attached hydrogen (secondary N) is 4. The standard InChI is InChI=1S/C33H32Cl2N6O2/c1-21-10-11-23(20-29(21)40-33(43)38-22-12-14-24(15-13-22)41(18-16-34)19-17-35)37-30-25-6-3-4-9-28(25)39-31-26(30)7-5-8-27(31)32(42)36-2/h3-15,20H,16-19H2,1-2H3,(H,36,42)(H,37,39)(H2,38,40,43). The highest BCUT2D eigenvalue weighted by molar-refractivity contribution is 6.18. The minimum absolute atomic E-state index is 0.204. The van der Waals surface area contributed by atoms with Crippen molar-refractivity contribution in [3.05, 3.63) is 96.1 Å². The van der Waals surface area contributed by atoms with Gasteiger partial charge in [-0.1, -0.05) is 36.4 Å². The molecule has 0 aliphatic heterocycles. The van der Waals surface area contributed by atoms with Crippen molar-refractivity contribution in [1.29, 1.82) is 0 Å². The second kappa shape index (κ2) is 13.6. The van der Waals surface area contributed by atoms with Crippen LogP contribution in [0.4, 0.5) is 33.2 Å². The molecular formula is C33H32Cl2N6O2. The van der Waals surface area contributed by atoms with Crippen LogP contribution >= 0.6 is 23.2 Å². The number of benzene rings is 4. The summed E-state index contributed by atoms with van der Waals surface area (Å²) in [6.07, 6.45) is 0. The summed E-state index contributed by atoms with van der Waals surface area (Å²) < 4.78 is 0. The Bertz CT molecular complexity index is 1770. The Balaban J connectivity index is 1.39. The van der Waals surface area contributed by atoms with Gasteiger partial charge < -0.3 is 26.2 Å². The van der Waals surface area contributed by atoms with Crippen LogP contribution in [0.1, 0.15) is 15.9 Å². The van der Waals surface area contributed by atoms with Crippen LogP contribution < -0.4 is 26.2 Å². The van der Waals surface area contributed by atoms with Crippen LogP contribution in [0.25, 0.3) is 21.8 Å². The number of alkyl halides is 2. The van der Waals surface area contributed by atoms with Crippen LogP contribution in [-0.4, -0.2) is 48.8 Å². The third kappa shape index (κ3) is 6.77. The Morgan fingerprint density at radius 2 is 1.51 bits per heavy atom. The molecule has 0 unspecified atom stereocenters. The molecule has 0 spiro atoms. The second-order valence-corrected chi connectivity index (χ2v) is 10.7. The first kappa shape index (κ1) is 29.9. The lowest BCUT2D eigenvalue weighted by atomic mass is 10.0. The maximum Gasteiger partial charge on any atom is 0.323 e. The Labute approximate surface area is 260 Å². The van der Waals surface area contributed by atoms with E-state index in [0.29, 0.717) is 47.3 Å². The summed E-state index contributed by atoms with van der Waals surface area (Å²) in [4.78, 5) is 32.5. The number of aryl methyl sites for hydroxylation is 1. The van der Waals surface area contributed by atoms with Crippen molar-refractivity contribution in [2.45, 2.75) is 6.92 Å². The van der Waals surface area contributed by atoms with Crippen LogP contribution in [-0.2, 0) is 0 Å². The lowest BCUT2D eigenvalue weighted by Crippen LogP contribution is -2.27. The maximum absolute atomic E-state index is 13.0. The van der Waals surface area contributed by atoms with Crippen LogP contribution in [0.3, 0.4) is 0 Å². The smallest absolute Gasteiger partial charge is 0.323 e. The lowest BCUT2D eigenvalue weighted by Gasteiger charge is -2.23. The van der Waals surface area contributed by atoms with E-state index < -0.39 is 0 Å². The molecule has 10 heteroatoms. The zero-order valence-electron chi connectivity index (χ0n) is 23.9. The zero-order valence-corrected chi connectivity index (χ0v) is 25.4. The third-order valence-electron chi connectivity index (χ3n) is 7.14. The van der Waals surface area contributed by atoms with Crippen LogP contribution in [0.2, 0.25) is 0 Å². The van der Waals surface area contributed by atoms with Crippen molar-refractivity contribution in [3.8, 4) is 0 Å². The average Bonchev–Trinajstić information content (AvgIpc) is 3.02. The molecule has 0 aliphatic carbocycles. The van der Waals surface area contributed by atoms with E-state index in [1.165, 1.54) is 0 Å². The molecule has 5 aromatic rings. The summed E-state index contributed by atoms with van der Waals surface area (Å²) in [5, 5.41) is 13.8. The van der Waals surface area contributed by atoms with Gasteiger partial charge >= 0.3 is 6.03 Å². The molecule has 0 atom stereocenters. The fourth-order valence-corrected chi connectivity index (χ4v) is 5.37. The monoisotopic (exact) mass is 614 g/mol. The number of hydrogen-bond donors (Lipinski definition) is 4. The Kier molecular flexibility index (Phi) is 9.49. The van der Waals surface area contributed by atoms with Gasteiger partial charge in [-0.05, 0) is 61.0 Å². The number of halogens is 2. The molecule has 4 N–H and O–H groups in total. The molecule has 4 aromatic carbocycles. The minimum Gasteiger partial charge on any atom is -0.369 e. The van der Waals surface area contributed by atoms with Gasteiger partial charge in [-0.3, -0.25) is 4.79 Å². The largest absolute Gasteiger partial charge is 0.369 e. The summed E-state index contributed by atoms with van der Waals surface area (Å²) >= 11 is 11.9. The highest BCUT2D eigenvalue weighted by atomic mass is 35.5. The number of fused-ring (bicyclic) bond motifs is 2. The maximum atomic E-state index is 13.0. The van der Waals surface area contributed by atoms with E-state index in [4.69, 9.17) is 28.2 Å². The summed E-state index contributed by atoms with van der Waals surface area (Å²) in [5.41, 5.74) is 6.66. The quantitative estimate of drug-likeness (QED) is 0.0953. The Morgan fingerprint density at radius 3 is 2.23 bits per heavy atom. The first-order chi connectivity index (χ1) is 20.9. The van der Waals surface area contributed by atoms with E-state index in [-0.39, 0.29) is 11.9 Å². The van der Waals surface area contributed by atoms with Gasteiger partial charge in [0.05, 0.1) is 22.3 Å². The number of rotatable bonds is 10. The van der Waals surface area contributed by atoms with Crippen molar-refractivity contribution >= 4 is 85.4 Å². The summed E-state index contributed by atoms with van der Waals surface area (Å²) in [6.45, 7) is 3.31.